The maximum atomic E-state index is 5.48. The van der Waals surface area contributed by atoms with Gasteiger partial charge in [0.25, 0.3) is 0 Å². The first kappa shape index (κ1) is 11.2. The lowest BCUT2D eigenvalue weighted by Crippen LogP contribution is -1.99. The van der Waals surface area contributed by atoms with E-state index in [9.17, 15) is 0 Å². The molecule has 0 radical (unpaired) electrons. The molecule has 0 aliphatic rings. The molecule has 1 aromatic carbocycles. The van der Waals surface area contributed by atoms with Gasteiger partial charge in [-0.3, -0.25) is 0 Å². The second kappa shape index (κ2) is 5.75. The zero-order valence-corrected chi connectivity index (χ0v) is 8.85. The van der Waals surface area contributed by atoms with Crippen LogP contribution in [-0.4, -0.2) is 12.6 Å². The number of aliphatic imine (C=N–C) groups is 2. The molecule has 3 heteroatoms. The van der Waals surface area contributed by atoms with E-state index in [0.29, 0.717) is 18.0 Å². The lowest BCUT2D eigenvalue weighted by atomic mass is 10.1. The zero-order chi connectivity index (χ0) is 11.1. The third-order valence-corrected chi connectivity index (χ3v) is 1.80. The Bertz CT molecular complexity index is 373. The van der Waals surface area contributed by atoms with Crippen molar-refractivity contribution in [3.05, 3.63) is 47.8 Å². The minimum absolute atomic E-state index is 0.657. The molecule has 78 valence electrons. The van der Waals surface area contributed by atoms with E-state index >= 15 is 0 Å². The van der Waals surface area contributed by atoms with E-state index in [2.05, 4.69) is 16.7 Å². The summed E-state index contributed by atoms with van der Waals surface area (Å²) in [4.78, 5) is 7.99. The van der Waals surface area contributed by atoms with Gasteiger partial charge in [0.1, 0.15) is 5.84 Å². The second-order valence-corrected chi connectivity index (χ2v) is 3.24. The van der Waals surface area contributed by atoms with Crippen molar-refractivity contribution < 1.29 is 0 Å². The lowest BCUT2D eigenvalue weighted by molar-refractivity contribution is 1.23. The van der Waals surface area contributed by atoms with Gasteiger partial charge < -0.3 is 5.73 Å². The fraction of sp³-hybridized carbons (Fsp3) is 0.167. The Morgan fingerprint density at radius 3 is 2.60 bits per heavy atom. The maximum Gasteiger partial charge on any atom is 0.131 e. The Hall–Kier alpha value is -1.90. The first-order chi connectivity index (χ1) is 7.22. The van der Waals surface area contributed by atoms with Crippen LogP contribution in [0.3, 0.4) is 0 Å². The van der Waals surface area contributed by atoms with Crippen LogP contribution in [0.25, 0.3) is 0 Å². The van der Waals surface area contributed by atoms with Gasteiger partial charge in [-0.05, 0) is 19.2 Å². The number of allylic oxidation sites excluding steroid dienone is 1. The van der Waals surface area contributed by atoms with E-state index in [0.717, 1.165) is 5.56 Å². The van der Waals surface area contributed by atoms with Crippen LogP contribution < -0.4 is 5.73 Å². The minimum Gasteiger partial charge on any atom is -0.401 e. The van der Waals surface area contributed by atoms with Crippen molar-refractivity contribution >= 4 is 12.6 Å². The summed E-state index contributed by atoms with van der Waals surface area (Å²) < 4.78 is 0. The first-order valence-electron chi connectivity index (χ1n) is 4.72. The summed E-state index contributed by atoms with van der Waals surface area (Å²) in [7, 11) is 0. The predicted octanol–water partition coefficient (Wildman–Crippen LogP) is 2.15. The largest absolute Gasteiger partial charge is 0.401 e. The van der Waals surface area contributed by atoms with Crippen LogP contribution in [0.1, 0.15) is 12.5 Å². The summed E-state index contributed by atoms with van der Waals surface area (Å²) in [5, 5.41) is 0. The summed E-state index contributed by atoms with van der Waals surface area (Å²) in [5.41, 5.74) is 7.30. The summed E-state index contributed by atoms with van der Waals surface area (Å²) >= 11 is 0. The molecule has 15 heavy (non-hydrogen) atoms. The molecule has 0 aliphatic carbocycles. The monoisotopic (exact) mass is 201 g/mol. The molecule has 0 saturated carbocycles. The quantitative estimate of drug-likeness (QED) is 0.591. The minimum atomic E-state index is 0.657. The Labute approximate surface area is 90.1 Å². The molecule has 2 N–H and O–H groups in total. The number of benzene rings is 1. The average Bonchev–Trinajstić information content (AvgIpc) is 2.25. The molecule has 1 rings (SSSR count). The lowest BCUT2D eigenvalue weighted by Gasteiger charge is -1.99. The van der Waals surface area contributed by atoms with Gasteiger partial charge in [-0.1, -0.05) is 30.3 Å². The molecule has 0 aromatic heterocycles. The molecule has 0 amide bonds. The van der Waals surface area contributed by atoms with Crippen molar-refractivity contribution in [2.24, 2.45) is 15.7 Å². The van der Waals surface area contributed by atoms with E-state index in [1.54, 1.807) is 13.1 Å². The first-order valence-corrected chi connectivity index (χ1v) is 4.72. The van der Waals surface area contributed by atoms with Crippen LogP contribution in [0.5, 0.6) is 0 Å². The molecule has 0 unspecified atom stereocenters. The fourth-order valence-electron chi connectivity index (χ4n) is 1.10. The highest BCUT2D eigenvalue weighted by Gasteiger charge is 1.96. The number of hydrogen-bond donors (Lipinski definition) is 1. The van der Waals surface area contributed by atoms with Crippen molar-refractivity contribution in [3.8, 4) is 0 Å². The van der Waals surface area contributed by atoms with E-state index < -0.39 is 0 Å². The number of rotatable bonds is 3. The molecule has 3 nitrogen and oxygen atoms in total. The van der Waals surface area contributed by atoms with Crippen molar-refractivity contribution in [2.75, 3.05) is 0 Å². The highest BCUT2D eigenvalue weighted by atomic mass is 14.9. The number of hydrogen-bond acceptors (Lipinski definition) is 2. The SMILES string of the molecule is C=N/C(Cc1ccccc1)=N\C=C(/C)N. The molecule has 0 spiro atoms. The maximum absolute atomic E-state index is 5.48. The molecule has 0 bridgehead atoms. The Morgan fingerprint density at radius 1 is 1.40 bits per heavy atom. The van der Waals surface area contributed by atoms with Crippen LogP contribution in [0.4, 0.5) is 0 Å². The van der Waals surface area contributed by atoms with Crippen LogP contribution in [0.15, 0.2) is 52.2 Å². The van der Waals surface area contributed by atoms with Crippen LogP contribution >= 0.6 is 0 Å². The van der Waals surface area contributed by atoms with Gasteiger partial charge >= 0.3 is 0 Å². The van der Waals surface area contributed by atoms with E-state index in [1.807, 2.05) is 30.3 Å². The molecule has 0 saturated heterocycles. The van der Waals surface area contributed by atoms with Gasteiger partial charge in [-0.15, -0.1) is 0 Å². The van der Waals surface area contributed by atoms with Gasteiger partial charge in [-0.2, -0.15) is 0 Å². The van der Waals surface area contributed by atoms with Crippen molar-refractivity contribution in [1.82, 2.24) is 0 Å². The summed E-state index contributed by atoms with van der Waals surface area (Å²) in [6, 6.07) is 10.0. The summed E-state index contributed by atoms with van der Waals surface area (Å²) in [6.45, 7) is 5.27. The third-order valence-electron chi connectivity index (χ3n) is 1.80. The molecule has 1 aromatic rings. The highest BCUT2D eigenvalue weighted by Crippen LogP contribution is 2.02. The van der Waals surface area contributed by atoms with Crippen LogP contribution in [0, 0.1) is 0 Å². The van der Waals surface area contributed by atoms with Gasteiger partial charge in [0.2, 0.25) is 0 Å². The van der Waals surface area contributed by atoms with Crippen molar-refractivity contribution in [3.63, 3.8) is 0 Å². The molecular formula is C12H15N3. The van der Waals surface area contributed by atoms with E-state index in [-0.39, 0.29) is 0 Å². The Kier molecular flexibility index (Phi) is 4.29. The number of nitrogens with zero attached hydrogens (tertiary/aromatic N) is 2. The van der Waals surface area contributed by atoms with Crippen LogP contribution in [0.2, 0.25) is 0 Å². The third kappa shape index (κ3) is 4.22. The summed E-state index contributed by atoms with van der Waals surface area (Å²) in [6.07, 6.45) is 2.26. The van der Waals surface area contributed by atoms with E-state index in [1.165, 1.54) is 0 Å². The van der Waals surface area contributed by atoms with Crippen LogP contribution in [-0.2, 0) is 6.42 Å². The smallest absolute Gasteiger partial charge is 0.131 e. The standard InChI is InChI=1S/C12H15N3/c1-10(13)9-15-12(14-2)8-11-6-4-3-5-7-11/h3-7,9H,2,8,13H2,1H3/b10-9+,15-12-. The normalized spacial score (nSPS) is 12.6. The van der Waals surface area contributed by atoms with E-state index in [4.69, 9.17) is 5.73 Å². The zero-order valence-electron chi connectivity index (χ0n) is 8.85. The van der Waals surface area contributed by atoms with Gasteiger partial charge in [-0.25, -0.2) is 9.98 Å². The Morgan fingerprint density at radius 2 is 2.07 bits per heavy atom. The van der Waals surface area contributed by atoms with Gasteiger partial charge in [0, 0.05) is 18.3 Å². The van der Waals surface area contributed by atoms with Crippen molar-refractivity contribution in [1.29, 1.82) is 0 Å². The Balaban J connectivity index is 2.75. The molecular weight excluding hydrogens is 186 g/mol. The summed E-state index contributed by atoms with van der Waals surface area (Å²) in [5.74, 6) is 0.672. The number of nitrogens with two attached hydrogens (primary N) is 1. The highest BCUT2D eigenvalue weighted by molar-refractivity contribution is 5.88. The average molecular weight is 201 g/mol. The fourth-order valence-corrected chi connectivity index (χ4v) is 1.10. The van der Waals surface area contributed by atoms with Gasteiger partial charge in [0.15, 0.2) is 0 Å². The van der Waals surface area contributed by atoms with Gasteiger partial charge in [0.05, 0.1) is 0 Å². The second-order valence-electron chi connectivity index (χ2n) is 3.24. The topological polar surface area (TPSA) is 50.7 Å². The number of amidine groups is 1. The molecule has 0 fully saturated rings. The molecule has 0 aliphatic heterocycles. The predicted molar refractivity (Wildman–Crippen MR) is 65.1 cm³/mol. The molecule has 0 heterocycles. The molecule has 0 atom stereocenters. The van der Waals surface area contributed by atoms with Crippen molar-refractivity contribution in [2.45, 2.75) is 13.3 Å².